The summed E-state index contributed by atoms with van der Waals surface area (Å²) in [6, 6.07) is 6.82. The molecule has 0 aliphatic rings. The van der Waals surface area contributed by atoms with Gasteiger partial charge in [-0.2, -0.15) is 5.10 Å². The first kappa shape index (κ1) is 13.1. The number of hydrogen-bond donors (Lipinski definition) is 2. The van der Waals surface area contributed by atoms with Crippen LogP contribution in [0.15, 0.2) is 30.5 Å². The molecule has 0 fully saturated rings. The normalized spacial score (nSPS) is 12.2. The highest BCUT2D eigenvalue weighted by Crippen LogP contribution is 2.24. The third-order valence-corrected chi connectivity index (χ3v) is 3.28. The topological polar surface area (TPSA) is 67.2 Å². The van der Waals surface area contributed by atoms with Gasteiger partial charge in [-0.1, -0.05) is 18.2 Å². The zero-order chi connectivity index (χ0) is 14.0. The van der Waals surface area contributed by atoms with E-state index in [0.717, 1.165) is 16.9 Å². The van der Waals surface area contributed by atoms with Gasteiger partial charge in [-0.25, -0.2) is 4.79 Å². The number of carbonyl (C=O) groups is 1. The first-order valence-corrected chi connectivity index (χ1v) is 6.04. The van der Waals surface area contributed by atoms with Crippen LogP contribution in [-0.4, -0.2) is 20.9 Å². The number of aliphatic carboxylic acids is 1. The molecule has 5 nitrogen and oxygen atoms in total. The second kappa shape index (κ2) is 5.14. The van der Waals surface area contributed by atoms with E-state index in [0.29, 0.717) is 5.56 Å². The van der Waals surface area contributed by atoms with Crippen LogP contribution < -0.4 is 5.32 Å². The third-order valence-electron chi connectivity index (χ3n) is 3.28. The van der Waals surface area contributed by atoms with E-state index in [-0.39, 0.29) is 0 Å². The molecule has 2 aromatic rings. The van der Waals surface area contributed by atoms with Crippen molar-refractivity contribution in [3.63, 3.8) is 0 Å². The van der Waals surface area contributed by atoms with Gasteiger partial charge in [-0.05, 0) is 25.5 Å². The van der Waals surface area contributed by atoms with Crippen molar-refractivity contribution in [3.8, 4) is 0 Å². The number of nitrogens with zero attached hydrogens (tertiary/aromatic N) is 2. The number of aromatic nitrogens is 2. The van der Waals surface area contributed by atoms with Crippen LogP contribution in [0.25, 0.3) is 0 Å². The number of carboxylic acids is 1. The second-order valence-electron chi connectivity index (χ2n) is 4.54. The molecule has 0 bridgehead atoms. The average molecular weight is 259 g/mol. The summed E-state index contributed by atoms with van der Waals surface area (Å²) in [6.07, 6.45) is 1.60. The van der Waals surface area contributed by atoms with E-state index in [4.69, 9.17) is 0 Å². The van der Waals surface area contributed by atoms with Crippen molar-refractivity contribution in [1.82, 2.24) is 9.78 Å². The molecule has 0 amide bonds. The van der Waals surface area contributed by atoms with Gasteiger partial charge in [-0.15, -0.1) is 0 Å². The Morgan fingerprint density at radius 2 is 2.05 bits per heavy atom. The molecule has 0 aliphatic carbocycles. The molecule has 2 rings (SSSR count). The lowest BCUT2D eigenvalue weighted by Gasteiger charge is -2.17. The molecule has 1 heterocycles. The molecule has 0 aliphatic heterocycles. The molecule has 5 heteroatoms. The van der Waals surface area contributed by atoms with Gasteiger partial charge in [0.05, 0.1) is 6.20 Å². The molecule has 0 spiro atoms. The summed E-state index contributed by atoms with van der Waals surface area (Å²) in [5.74, 6) is -0.917. The van der Waals surface area contributed by atoms with Crippen LogP contribution in [0.4, 0.5) is 5.69 Å². The van der Waals surface area contributed by atoms with Crippen LogP contribution in [0.1, 0.15) is 22.9 Å². The summed E-state index contributed by atoms with van der Waals surface area (Å²) < 4.78 is 1.67. The zero-order valence-electron chi connectivity index (χ0n) is 11.2. The first-order chi connectivity index (χ1) is 9.00. The number of benzene rings is 1. The minimum Gasteiger partial charge on any atom is -0.479 e. The molecule has 0 radical (unpaired) electrons. The SMILES string of the molecule is Cc1ccccc1NC(C(=O)O)c1cnn(C)c1C. The van der Waals surface area contributed by atoms with Gasteiger partial charge in [0.2, 0.25) is 0 Å². The highest BCUT2D eigenvalue weighted by molar-refractivity contribution is 5.80. The van der Waals surface area contributed by atoms with Crippen LogP contribution in [0, 0.1) is 13.8 Å². The number of para-hydroxylation sites is 1. The Morgan fingerprint density at radius 3 is 2.58 bits per heavy atom. The van der Waals surface area contributed by atoms with E-state index in [1.807, 2.05) is 38.1 Å². The minimum atomic E-state index is -0.917. The Labute approximate surface area is 111 Å². The Balaban J connectivity index is 2.35. The molecular formula is C14H17N3O2. The fourth-order valence-electron chi connectivity index (χ4n) is 1.96. The molecule has 100 valence electrons. The van der Waals surface area contributed by atoms with Gasteiger partial charge in [-0.3, -0.25) is 4.68 Å². The minimum absolute atomic E-state index is 0.679. The number of rotatable bonds is 4. The second-order valence-corrected chi connectivity index (χ2v) is 4.54. The monoisotopic (exact) mass is 259 g/mol. The summed E-state index contributed by atoms with van der Waals surface area (Å²) in [5.41, 5.74) is 3.35. The maximum absolute atomic E-state index is 11.5. The molecule has 1 aromatic heterocycles. The number of nitrogens with one attached hydrogen (secondary N) is 1. The quantitative estimate of drug-likeness (QED) is 0.884. The number of anilines is 1. The molecule has 1 unspecified atom stereocenters. The summed E-state index contributed by atoms with van der Waals surface area (Å²) in [7, 11) is 1.80. The van der Waals surface area contributed by atoms with Crippen LogP contribution in [0.5, 0.6) is 0 Å². The molecule has 1 aromatic carbocycles. The van der Waals surface area contributed by atoms with Gasteiger partial charge in [0.25, 0.3) is 0 Å². The van der Waals surface area contributed by atoms with Gasteiger partial charge in [0.15, 0.2) is 6.04 Å². The maximum Gasteiger partial charge on any atom is 0.330 e. The van der Waals surface area contributed by atoms with Crippen molar-refractivity contribution in [1.29, 1.82) is 0 Å². The van der Waals surface area contributed by atoms with E-state index < -0.39 is 12.0 Å². The molecule has 19 heavy (non-hydrogen) atoms. The van der Waals surface area contributed by atoms with Crippen LogP contribution >= 0.6 is 0 Å². The number of carboxylic acid groups (broad SMARTS) is 1. The Hall–Kier alpha value is -2.30. The highest BCUT2D eigenvalue weighted by Gasteiger charge is 2.24. The largest absolute Gasteiger partial charge is 0.479 e. The lowest BCUT2D eigenvalue weighted by atomic mass is 10.1. The first-order valence-electron chi connectivity index (χ1n) is 6.04. The van der Waals surface area contributed by atoms with Crippen LogP contribution in [0.2, 0.25) is 0 Å². The van der Waals surface area contributed by atoms with Gasteiger partial charge in [0, 0.05) is 24.0 Å². The Kier molecular flexibility index (Phi) is 3.55. The van der Waals surface area contributed by atoms with Crippen molar-refractivity contribution >= 4 is 11.7 Å². The van der Waals surface area contributed by atoms with Gasteiger partial charge >= 0.3 is 5.97 Å². The van der Waals surface area contributed by atoms with Crippen molar-refractivity contribution in [2.75, 3.05) is 5.32 Å². The van der Waals surface area contributed by atoms with Crippen molar-refractivity contribution < 1.29 is 9.90 Å². The zero-order valence-corrected chi connectivity index (χ0v) is 11.2. The van der Waals surface area contributed by atoms with Crippen molar-refractivity contribution in [3.05, 3.63) is 47.3 Å². The van der Waals surface area contributed by atoms with Crippen LogP contribution in [0.3, 0.4) is 0 Å². The lowest BCUT2D eigenvalue weighted by Crippen LogP contribution is -2.21. The summed E-state index contributed by atoms with van der Waals surface area (Å²) in [4.78, 5) is 11.5. The summed E-state index contributed by atoms with van der Waals surface area (Å²) in [5, 5.41) is 16.6. The van der Waals surface area contributed by atoms with E-state index >= 15 is 0 Å². The van der Waals surface area contributed by atoms with E-state index in [1.54, 1.807) is 17.9 Å². The molecule has 0 saturated heterocycles. The Morgan fingerprint density at radius 1 is 1.37 bits per heavy atom. The molecule has 0 saturated carbocycles. The van der Waals surface area contributed by atoms with E-state index in [2.05, 4.69) is 10.4 Å². The molecular weight excluding hydrogens is 242 g/mol. The van der Waals surface area contributed by atoms with E-state index in [1.165, 1.54) is 0 Å². The number of aryl methyl sites for hydroxylation is 2. The predicted octanol–water partition coefficient (Wildman–Crippen LogP) is 2.27. The predicted molar refractivity (Wildman–Crippen MR) is 73.1 cm³/mol. The highest BCUT2D eigenvalue weighted by atomic mass is 16.4. The Bertz CT molecular complexity index is 604. The third kappa shape index (κ3) is 2.59. The maximum atomic E-state index is 11.5. The standard InChI is InChI=1S/C14H17N3O2/c1-9-6-4-5-7-12(9)16-13(14(18)19)11-8-15-17(3)10(11)2/h4-8,13,16H,1-3H3,(H,18,19). The van der Waals surface area contributed by atoms with Gasteiger partial charge < -0.3 is 10.4 Å². The van der Waals surface area contributed by atoms with Crippen molar-refractivity contribution in [2.24, 2.45) is 7.05 Å². The summed E-state index contributed by atoms with van der Waals surface area (Å²) >= 11 is 0. The fraction of sp³-hybridized carbons (Fsp3) is 0.286. The molecule has 2 N–H and O–H groups in total. The summed E-state index contributed by atoms with van der Waals surface area (Å²) in [6.45, 7) is 3.80. The lowest BCUT2D eigenvalue weighted by molar-refractivity contribution is -0.138. The van der Waals surface area contributed by atoms with Gasteiger partial charge in [0.1, 0.15) is 0 Å². The average Bonchev–Trinajstić information content (AvgIpc) is 2.69. The van der Waals surface area contributed by atoms with Crippen LogP contribution in [-0.2, 0) is 11.8 Å². The fourth-order valence-corrected chi connectivity index (χ4v) is 1.96. The molecule has 1 atom stereocenters. The smallest absolute Gasteiger partial charge is 0.330 e. The van der Waals surface area contributed by atoms with Crippen molar-refractivity contribution in [2.45, 2.75) is 19.9 Å². The van der Waals surface area contributed by atoms with E-state index in [9.17, 15) is 9.90 Å². The number of hydrogen-bond acceptors (Lipinski definition) is 3.